The van der Waals surface area contributed by atoms with Crippen LogP contribution in [0.3, 0.4) is 0 Å². The fourth-order valence-corrected chi connectivity index (χ4v) is 4.52. The van der Waals surface area contributed by atoms with Crippen LogP contribution in [0, 0.1) is 0 Å². The van der Waals surface area contributed by atoms with E-state index in [2.05, 4.69) is 0 Å². The maximum atomic E-state index is 12.8. The van der Waals surface area contributed by atoms with Crippen LogP contribution in [0.4, 0.5) is 0 Å². The van der Waals surface area contributed by atoms with E-state index in [-0.39, 0.29) is 4.90 Å². The molecule has 0 spiro atoms. The Morgan fingerprint density at radius 3 is 2.39 bits per heavy atom. The van der Waals surface area contributed by atoms with Gasteiger partial charge in [0.05, 0.1) is 10.4 Å². The lowest BCUT2D eigenvalue weighted by Gasteiger charge is -2.06. The summed E-state index contributed by atoms with van der Waals surface area (Å²) in [4.78, 5) is 0.336. The summed E-state index contributed by atoms with van der Waals surface area (Å²) < 4.78 is 47.2. The third-order valence-electron chi connectivity index (χ3n) is 3.63. The Hall–Kier alpha value is -1.96. The van der Waals surface area contributed by atoms with Crippen molar-refractivity contribution in [3.05, 3.63) is 60.3 Å². The lowest BCUT2D eigenvalue weighted by Crippen LogP contribution is -2.03. The molecule has 23 heavy (non-hydrogen) atoms. The minimum absolute atomic E-state index is 0.214. The van der Waals surface area contributed by atoms with Crippen LogP contribution in [-0.2, 0) is 27.5 Å². The summed E-state index contributed by atoms with van der Waals surface area (Å²) in [5.41, 5.74) is 1.29. The molecule has 1 N–H and O–H groups in total. The van der Waals surface area contributed by atoms with Gasteiger partial charge in [-0.05, 0) is 30.2 Å². The number of rotatable bonds is 4. The van der Waals surface area contributed by atoms with Gasteiger partial charge in [0.2, 0.25) is 0 Å². The molecule has 0 amide bonds. The summed E-state index contributed by atoms with van der Waals surface area (Å²) in [5, 5.41) is 0.418. The van der Waals surface area contributed by atoms with Crippen molar-refractivity contribution in [3.63, 3.8) is 0 Å². The van der Waals surface area contributed by atoms with Gasteiger partial charge in [0, 0.05) is 11.6 Å². The average molecular weight is 349 g/mol. The molecule has 0 aliphatic carbocycles. The van der Waals surface area contributed by atoms with Crippen molar-refractivity contribution in [1.82, 2.24) is 3.97 Å². The average Bonchev–Trinajstić information content (AvgIpc) is 2.95. The van der Waals surface area contributed by atoms with Gasteiger partial charge < -0.3 is 0 Å². The first kappa shape index (κ1) is 15.9. The van der Waals surface area contributed by atoms with Crippen LogP contribution in [-0.4, -0.2) is 21.2 Å². The number of benzene rings is 2. The molecule has 1 atom stereocenters. The van der Waals surface area contributed by atoms with Crippen LogP contribution in [0.2, 0.25) is 0 Å². The van der Waals surface area contributed by atoms with Crippen molar-refractivity contribution >= 4 is 32.0 Å². The summed E-state index contributed by atoms with van der Waals surface area (Å²) in [5.74, 6) is 0. The SMILES string of the molecule is CCc1cccc2c1c(S(=O)(=O)O)cn2S(=O)c1ccccc1. The van der Waals surface area contributed by atoms with Gasteiger partial charge in [-0.25, -0.2) is 4.21 Å². The fraction of sp³-hybridized carbons (Fsp3) is 0.125. The first-order chi connectivity index (χ1) is 10.9. The highest BCUT2D eigenvalue weighted by molar-refractivity contribution is 7.86. The Bertz CT molecular complexity index is 992. The van der Waals surface area contributed by atoms with E-state index >= 15 is 0 Å². The van der Waals surface area contributed by atoms with E-state index in [9.17, 15) is 17.2 Å². The number of hydrogen-bond donors (Lipinski definition) is 1. The Kier molecular flexibility index (Phi) is 4.09. The van der Waals surface area contributed by atoms with Crippen LogP contribution < -0.4 is 0 Å². The molecule has 3 aromatic rings. The Morgan fingerprint density at radius 2 is 1.78 bits per heavy atom. The van der Waals surface area contributed by atoms with Gasteiger partial charge in [0.15, 0.2) is 11.0 Å². The Morgan fingerprint density at radius 1 is 1.09 bits per heavy atom. The number of hydrogen-bond acceptors (Lipinski definition) is 3. The minimum Gasteiger partial charge on any atom is -0.282 e. The number of fused-ring (bicyclic) bond motifs is 1. The van der Waals surface area contributed by atoms with Crippen molar-refractivity contribution in [2.24, 2.45) is 0 Å². The van der Waals surface area contributed by atoms with E-state index < -0.39 is 21.1 Å². The number of aryl methyl sites for hydroxylation is 1. The lowest BCUT2D eigenvalue weighted by molar-refractivity contribution is 0.484. The van der Waals surface area contributed by atoms with E-state index in [0.29, 0.717) is 22.2 Å². The normalized spacial score (nSPS) is 13.3. The van der Waals surface area contributed by atoms with Crippen LogP contribution in [0.25, 0.3) is 10.9 Å². The zero-order chi connectivity index (χ0) is 16.6. The highest BCUT2D eigenvalue weighted by Gasteiger charge is 2.23. The third kappa shape index (κ3) is 2.83. The summed E-state index contributed by atoms with van der Waals surface area (Å²) >= 11 is 0. The molecule has 0 fully saturated rings. The molecule has 0 aliphatic heterocycles. The van der Waals surface area contributed by atoms with Crippen molar-refractivity contribution < 1.29 is 17.2 Å². The monoisotopic (exact) mass is 349 g/mol. The van der Waals surface area contributed by atoms with E-state index in [1.54, 1.807) is 42.5 Å². The van der Waals surface area contributed by atoms with Crippen molar-refractivity contribution in [3.8, 4) is 0 Å². The van der Waals surface area contributed by atoms with Gasteiger partial charge in [-0.2, -0.15) is 8.42 Å². The molecule has 2 aromatic carbocycles. The molecule has 3 rings (SSSR count). The minimum atomic E-state index is -4.41. The quantitative estimate of drug-likeness (QED) is 0.735. The van der Waals surface area contributed by atoms with E-state index in [1.165, 1.54) is 10.2 Å². The van der Waals surface area contributed by atoms with Gasteiger partial charge in [-0.1, -0.05) is 37.3 Å². The summed E-state index contributed by atoms with van der Waals surface area (Å²) in [6, 6.07) is 14.0. The van der Waals surface area contributed by atoms with Crippen molar-refractivity contribution in [2.75, 3.05) is 0 Å². The van der Waals surface area contributed by atoms with Crippen molar-refractivity contribution in [1.29, 1.82) is 0 Å². The summed E-state index contributed by atoms with van der Waals surface area (Å²) in [6.45, 7) is 1.90. The first-order valence-corrected chi connectivity index (χ1v) is 9.56. The van der Waals surface area contributed by atoms with E-state index in [0.717, 1.165) is 5.56 Å². The molecular formula is C16H15NO4S2. The summed E-state index contributed by atoms with van der Waals surface area (Å²) in [7, 11) is -6.02. The second-order valence-electron chi connectivity index (χ2n) is 5.02. The topological polar surface area (TPSA) is 76.4 Å². The predicted octanol–water partition coefficient (Wildman–Crippen LogP) is 3.02. The molecule has 7 heteroatoms. The smallest absolute Gasteiger partial charge is 0.282 e. The Balaban J connectivity index is 2.33. The van der Waals surface area contributed by atoms with Crippen molar-refractivity contribution in [2.45, 2.75) is 23.1 Å². The van der Waals surface area contributed by atoms with Crippen LogP contribution in [0.1, 0.15) is 12.5 Å². The number of aromatic nitrogens is 1. The molecule has 1 heterocycles. The zero-order valence-corrected chi connectivity index (χ0v) is 14.0. The molecule has 0 radical (unpaired) electrons. The largest absolute Gasteiger partial charge is 0.296 e. The maximum absolute atomic E-state index is 12.8. The van der Waals surface area contributed by atoms with E-state index in [4.69, 9.17) is 0 Å². The maximum Gasteiger partial charge on any atom is 0.296 e. The molecule has 0 aliphatic rings. The molecule has 1 aromatic heterocycles. The predicted molar refractivity (Wildman–Crippen MR) is 89.4 cm³/mol. The summed E-state index contributed by atoms with van der Waals surface area (Å²) in [6.07, 6.45) is 1.84. The molecule has 0 saturated heterocycles. The van der Waals surface area contributed by atoms with Crippen LogP contribution in [0.15, 0.2) is 64.5 Å². The second-order valence-corrected chi connectivity index (χ2v) is 7.77. The molecule has 120 valence electrons. The van der Waals surface area contributed by atoms with Crippen LogP contribution in [0.5, 0.6) is 0 Å². The first-order valence-electron chi connectivity index (χ1n) is 7.01. The number of nitrogens with zero attached hydrogens (tertiary/aromatic N) is 1. The highest BCUT2D eigenvalue weighted by Crippen LogP contribution is 2.30. The highest BCUT2D eigenvalue weighted by atomic mass is 32.2. The van der Waals surface area contributed by atoms with Crippen LogP contribution >= 0.6 is 0 Å². The molecule has 0 bridgehead atoms. The molecule has 1 unspecified atom stereocenters. The molecule has 5 nitrogen and oxygen atoms in total. The Labute approximate surface area is 136 Å². The van der Waals surface area contributed by atoms with Gasteiger partial charge in [0.25, 0.3) is 10.1 Å². The zero-order valence-electron chi connectivity index (χ0n) is 12.3. The fourth-order valence-electron chi connectivity index (χ4n) is 2.57. The lowest BCUT2D eigenvalue weighted by atomic mass is 10.1. The van der Waals surface area contributed by atoms with Gasteiger partial charge >= 0.3 is 0 Å². The molecule has 0 saturated carbocycles. The van der Waals surface area contributed by atoms with Gasteiger partial charge in [-0.15, -0.1) is 0 Å². The third-order valence-corrected chi connectivity index (χ3v) is 5.83. The van der Waals surface area contributed by atoms with Gasteiger partial charge in [-0.3, -0.25) is 8.53 Å². The van der Waals surface area contributed by atoms with Gasteiger partial charge in [0.1, 0.15) is 4.90 Å². The standard InChI is InChI=1S/C16H15NO4S2/c1-2-12-7-6-10-14-16(12)15(23(19,20)21)11-17(14)22(18)13-8-4-3-5-9-13/h3-11H,2H2,1H3,(H,19,20,21). The second kappa shape index (κ2) is 5.92. The molecular weight excluding hydrogens is 334 g/mol. The van der Waals surface area contributed by atoms with E-state index in [1.807, 2.05) is 13.0 Å².